The minimum Gasteiger partial charge on any atom is -0.494 e. The first-order valence-electron chi connectivity index (χ1n) is 11.0. The van der Waals surface area contributed by atoms with Gasteiger partial charge in [0, 0.05) is 37.3 Å². The molecule has 2 amide bonds. The average molecular weight is 425 g/mol. The zero-order chi connectivity index (χ0) is 22.0. The van der Waals surface area contributed by atoms with Crippen molar-refractivity contribution in [2.75, 3.05) is 29.5 Å². The van der Waals surface area contributed by atoms with Gasteiger partial charge in [0.1, 0.15) is 5.75 Å². The van der Waals surface area contributed by atoms with Crippen molar-refractivity contribution < 1.29 is 19.6 Å². The third kappa shape index (κ3) is 4.69. The van der Waals surface area contributed by atoms with Crippen LogP contribution < -0.4 is 19.9 Å². The molecule has 0 unspecified atom stereocenters. The highest BCUT2D eigenvalue weighted by Gasteiger charge is 2.43. The molecule has 164 valence electrons. The Bertz CT molecular complexity index is 934. The van der Waals surface area contributed by atoms with Gasteiger partial charge in [0.05, 0.1) is 24.8 Å². The van der Waals surface area contributed by atoms with Crippen molar-refractivity contribution >= 4 is 23.5 Å². The molecule has 2 N–H and O–H groups in total. The van der Waals surface area contributed by atoms with E-state index in [9.17, 15) is 9.59 Å². The lowest BCUT2D eigenvalue weighted by molar-refractivity contribution is -0.709. The molecule has 8 nitrogen and oxygen atoms in total. The van der Waals surface area contributed by atoms with Gasteiger partial charge in [0.2, 0.25) is 11.9 Å². The van der Waals surface area contributed by atoms with E-state index >= 15 is 0 Å². The van der Waals surface area contributed by atoms with Gasteiger partial charge in [-0.25, -0.2) is 14.9 Å². The van der Waals surface area contributed by atoms with Gasteiger partial charge in [-0.3, -0.25) is 9.59 Å². The van der Waals surface area contributed by atoms with Crippen LogP contribution in [0.2, 0.25) is 0 Å². The lowest BCUT2D eigenvalue weighted by Gasteiger charge is -2.31. The predicted octanol–water partition coefficient (Wildman–Crippen LogP) is 1.36. The highest BCUT2D eigenvalue weighted by molar-refractivity contribution is 6.21. The Morgan fingerprint density at radius 3 is 2.32 bits per heavy atom. The maximum Gasteiger partial charge on any atom is 0.292 e. The number of piperidine rings is 1. The number of aromatic nitrogens is 2. The largest absolute Gasteiger partial charge is 0.494 e. The molecule has 3 heterocycles. The zero-order valence-corrected chi connectivity index (χ0v) is 18.4. The number of benzene rings is 1. The molecule has 8 heteroatoms. The number of hydrogen-bond acceptors (Lipinski definition) is 6. The van der Waals surface area contributed by atoms with E-state index in [-0.39, 0.29) is 24.3 Å². The maximum atomic E-state index is 13.0. The number of quaternary nitrogens is 1. The van der Waals surface area contributed by atoms with Gasteiger partial charge >= 0.3 is 0 Å². The summed E-state index contributed by atoms with van der Waals surface area (Å²) in [7, 11) is 0. The van der Waals surface area contributed by atoms with E-state index in [1.807, 2.05) is 26.8 Å². The molecular weight excluding hydrogens is 394 g/mol. The minimum absolute atomic E-state index is 0.130. The summed E-state index contributed by atoms with van der Waals surface area (Å²) in [5, 5.41) is 2.09. The maximum absolute atomic E-state index is 13.0. The first-order valence-corrected chi connectivity index (χ1v) is 11.0. The molecule has 2 saturated heterocycles. The molecular formula is C23H30N5O3+. The molecule has 1 aromatic heterocycles. The Kier molecular flexibility index (Phi) is 6.18. The van der Waals surface area contributed by atoms with Crippen LogP contribution in [0.15, 0.2) is 30.3 Å². The normalized spacial score (nSPS) is 19.9. The summed E-state index contributed by atoms with van der Waals surface area (Å²) in [6, 6.07) is 9.06. The van der Waals surface area contributed by atoms with Crippen molar-refractivity contribution in [1.29, 1.82) is 0 Å². The lowest BCUT2D eigenvalue weighted by atomic mass is 10.0. The number of hydrogen-bond donors (Lipinski definition) is 1. The number of imide groups is 1. The highest BCUT2D eigenvalue weighted by atomic mass is 16.5. The van der Waals surface area contributed by atoms with Crippen molar-refractivity contribution in [3.63, 3.8) is 0 Å². The summed E-state index contributed by atoms with van der Waals surface area (Å²) in [6.45, 7) is 8.16. The van der Waals surface area contributed by atoms with E-state index in [4.69, 9.17) is 4.74 Å². The van der Waals surface area contributed by atoms with Crippen molar-refractivity contribution in [2.45, 2.75) is 52.1 Å². The lowest BCUT2D eigenvalue weighted by Crippen LogP contribution is -2.97. The molecule has 31 heavy (non-hydrogen) atoms. The molecule has 2 fully saturated rings. The van der Waals surface area contributed by atoms with Gasteiger partial charge in [-0.15, -0.1) is 0 Å². The first kappa shape index (κ1) is 21.2. The van der Waals surface area contributed by atoms with Crippen LogP contribution in [0.4, 0.5) is 11.6 Å². The number of carbonyl (C=O) groups is 2. The zero-order valence-electron chi connectivity index (χ0n) is 18.4. The number of amides is 2. The first-order chi connectivity index (χ1) is 14.9. The van der Waals surface area contributed by atoms with Crippen LogP contribution >= 0.6 is 0 Å². The molecule has 0 saturated carbocycles. The smallest absolute Gasteiger partial charge is 0.292 e. The molecule has 0 radical (unpaired) electrons. The second-order valence-corrected chi connectivity index (χ2v) is 8.27. The standard InChI is InChI=1S/C23H29N5O3/c1-4-31-19-7-5-18(6-8-19)28-21(29)14-20(22(28)30)26-17-9-11-27(12-10-17)23-24-15(2)13-16(3)25-23/h5-8,13,17,20,26H,4,9-12,14H2,1-3H3/p+1/t20-/m0/s1. The molecule has 0 bridgehead atoms. The van der Waals surface area contributed by atoms with E-state index in [0.717, 1.165) is 49.0 Å². The molecule has 1 atom stereocenters. The molecule has 0 spiro atoms. The van der Waals surface area contributed by atoms with E-state index in [1.54, 1.807) is 24.3 Å². The molecule has 2 aliphatic heterocycles. The van der Waals surface area contributed by atoms with E-state index in [2.05, 4.69) is 20.2 Å². The fourth-order valence-corrected chi connectivity index (χ4v) is 4.40. The highest BCUT2D eigenvalue weighted by Crippen LogP contribution is 2.25. The Morgan fingerprint density at radius 2 is 1.71 bits per heavy atom. The summed E-state index contributed by atoms with van der Waals surface area (Å²) in [5.41, 5.74) is 2.55. The summed E-state index contributed by atoms with van der Waals surface area (Å²) >= 11 is 0. The average Bonchev–Trinajstić information content (AvgIpc) is 3.02. The van der Waals surface area contributed by atoms with Crippen LogP contribution in [0.1, 0.15) is 37.6 Å². The van der Waals surface area contributed by atoms with Crippen molar-refractivity contribution in [1.82, 2.24) is 9.97 Å². The summed E-state index contributed by atoms with van der Waals surface area (Å²) in [6.07, 6.45) is 2.10. The SMILES string of the molecule is CCOc1ccc(N2C(=O)C[C@H]([NH2+]C3CCN(c4nc(C)cc(C)n4)CC3)C2=O)cc1. The number of nitrogens with zero attached hydrogens (tertiary/aromatic N) is 4. The Hall–Kier alpha value is -3.00. The number of anilines is 2. The van der Waals surface area contributed by atoms with E-state index < -0.39 is 0 Å². The fourth-order valence-electron chi connectivity index (χ4n) is 4.40. The molecule has 1 aromatic carbocycles. The Morgan fingerprint density at radius 1 is 1.06 bits per heavy atom. The Labute approximate surface area is 182 Å². The minimum atomic E-state index is -0.354. The van der Waals surface area contributed by atoms with Gasteiger partial charge in [-0.2, -0.15) is 0 Å². The van der Waals surface area contributed by atoms with Crippen LogP contribution in [0.25, 0.3) is 0 Å². The molecule has 2 aromatic rings. The van der Waals surface area contributed by atoms with Crippen LogP contribution in [0, 0.1) is 13.8 Å². The van der Waals surface area contributed by atoms with Crippen molar-refractivity contribution in [3.05, 3.63) is 41.7 Å². The number of aryl methyl sites for hydroxylation is 2. The van der Waals surface area contributed by atoms with E-state index in [0.29, 0.717) is 18.3 Å². The summed E-state index contributed by atoms with van der Waals surface area (Å²) < 4.78 is 5.44. The van der Waals surface area contributed by atoms with Gasteiger partial charge in [0.15, 0.2) is 6.04 Å². The summed E-state index contributed by atoms with van der Waals surface area (Å²) in [5.74, 6) is 1.24. The molecule has 0 aliphatic carbocycles. The quantitative estimate of drug-likeness (QED) is 0.704. The Balaban J connectivity index is 1.35. The predicted molar refractivity (Wildman–Crippen MR) is 117 cm³/mol. The van der Waals surface area contributed by atoms with Crippen molar-refractivity contribution in [2.24, 2.45) is 0 Å². The van der Waals surface area contributed by atoms with Gasteiger partial charge < -0.3 is 15.0 Å². The van der Waals surface area contributed by atoms with Gasteiger partial charge in [-0.1, -0.05) is 0 Å². The number of ether oxygens (including phenoxy) is 1. The number of nitrogens with two attached hydrogens (primary N) is 1. The van der Waals surface area contributed by atoms with E-state index in [1.165, 1.54) is 4.90 Å². The second-order valence-electron chi connectivity index (χ2n) is 8.27. The van der Waals surface area contributed by atoms with Crippen LogP contribution in [-0.4, -0.2) is 53.6 Å². The third-order valence-corrected chi connectivity index (χ3v) is 5.88. The number of rotatable bonds is 6. The van der Waals surface area contributed by atoms with Crippen LogP contribution in [-0.2, 0) is 9.59 Å². The number of carbonyl (C=O) groups excluding carboxylic acids is 2. The molecule has 2 aliphatic rings. The van der Waals surface area contributed by atoms with Crippen LogP contribution in [0.5, 0.6) is 5.75 Å². The van der Waals surface area contributed by atoms with Gasteiger partial charge in [-0.05, 0) is 51.1 Å². The summed E-state index contributed by atoms with van der Waals surface area (Å²) in [4.78, 5) is 38.2. The third-order valence-electron chi connectivity index (χ3n) is 5.88. The fraction of sp³-hybridized carbons (Fsp3) is 0.478. The topological polar surface area (TPSA) is 92.2 Å². The second kappa shape index (κ2) is 9.01. The van der Waals surface area contributed by atoms with Crippen LogP contribution in [0.3, 0.4) is 0 Å². The molecule has 4 rings (SSSR count). The van der Waals surface area contributed by atoms with Crippen molar-refractivity contribution in [3.8, 4) is 5.75 Å². The van der Waals surface area contributed by atoms with Gasteiger partial charge in [0.25, 0.3) is 5.91 Å². The monoisotopic (exact) mass is 424 g/mol.